The maximum absolute atomic E-state index is 6.15. The van der Waals surface area contributed by atoms with Crippen molar-refractivity contribution in [3.63, 3.8) is 0 Å². The van der Waals surface area contributed by atoms with E-state index >= 15 is 0 Å². The first-order chi connectivity index (χ1) is 13.2. The molecule has 0 aliphatic heterocycles. The number of pyridine rings is 1. The van der Waals surface area contributed by atoms with E-state index in [0.717, 1.165) is 24.3 Å². The lowest BCUT2D eigenvalue weighted by Crippen LogP contribution is -2.38. The van der Waals surface area contributed by atoms with Gasteiger partial charge in [0, 0.05) is 29.2 Å². The van der Waals surface area contributed by atoms with E-state index in [4.69, 9.17) is 11.5 Å². The van der Waals surface area contributed by atoms with Crippen LogP contribution in [-0.2, 0) is 13.0 Å². The van der Waals surface area contributed by atoms with Gasteiger partial charge in [0.1, 0.15) is 6.54 Å². The van der Waals surface area contributed by atoms with Crippen LogP contribution in [0.15, 0.2) is 36.4 Å². The Hall–Kier alpha value is -2.29. The Labute approximate surface area is 163 Å². The van der Waals surface area contributed by atoms with Crippen molar-refractivity contribution < 1.29 is 4.57 Å². The van der Waals surface area contributed by atoms with Gasteiger partial charge in [-0.25, -0.2) is 0 Å². The summed E-state index contributed by atoms with van der Waals surface area (Å²) in [6.45, 7) is 5.43. The minimum absolute atomic E-state index is 0.821. The molecule has 2 aromatic carbocycles. The van der Waals surface area contributed by atoms with Crippen molar-refractivity contribution in [2.45, 2.75) is 71.8 Å². The predicted octanol–water partition coefficient (Wildman–Crippen LogP) is 5.76. The lowest BCUT2D eigenvalue weighted by atomic mass is 9.98. The molecule has 4 N–H and O–H groups in total. The van der Waals surface area contributed by atoms with Crippen molar-refractivity contribution in [3.8, 4) is 0 Å². The Bertz CT molecular complexity index is 915. The van der Waals surface area contributed by atoms with Gasteiger partial charge in [-0.3, -0.25) is 0 Å². The lowest BCUT2D eigenvalue weighted by Gasteiger charge is -2.12. The molecule has 144 valence electrons. The van der Waals surface area contributed by atoms with Gasteiger partial charge in [-0.15, -0.1) is 0 Å². The zero-order valence-corrected chi connectivity index (χ0v) is 16.9. The number of nitrogens with two attached hydrogens (primary N) is 2. The topological polar surface area (TPSA) is 55.9 Å². The van der Waals surface area contributed by atoms with E-state index in [1.165, 1.54) is 72.3 Å². The van der Waals surface area contributed by atoms with Crippen LogP contribution < -0.4 is 16.0 Å². The summed E-state index contributed by atoms with van der Waals surface area (Å²) in [5.74, 6) is 0. The molecule has 0 amide bonds. The Morgan fingerprint density at radius 1 is 0.704 bits per heavy atom. The molecule has 0 saturated carbocycles. The number of hydrogen-bond acceptors (Lipinski definition) is 2. The summed E-state index contributed by atoms with van der Waals surface area (Å²) in [7, 11) is 0. The highest BCUT2D eigenvalue weighted by molar-refractivity contribution is 6.06. The molecule has 0 unspecified atom stereocenters. The van der Waals surface area contributed by atoms with E-state index in [2.05, 4.69) is 42.7 Å². The van der Waals surface area contributed by atoms with Gasteiger partial charge >= 0.3 is 0 Å². The Kier molecular flexibility index (Phi) is 6.54. The fourth-order valence-corrected chi connectivity index (χ4v) is 4.21. The molecule has 1 aromatic heterocycles. The smallest absolute Gasteiger partial charge is 0.215 e. The van der Waals surface area contributed by atoms with Crippen molar-refractivity contribution in [3.05, 3.63) is 42.1 Å². The molecule has 0 atom stereocenters. The van der Waals surface area contributed by atoms with Crippen molar-refractivity contribution in [1.29, 1.82) is 0 Å². The van der Waals surface area contributed by atoms with Gasteiger partial charge < -0.3 is 11.5 Å². The average Bonchev–Trinajstić information content (AvgIpc) is 2.66. The number of nitrogens with zero attached hydrogens (tertiary/aromatic N) is 1. The first-order valence-corrected chi connectivity index (χ1v) is 10.6. The van der Waals surface area contributed by atoms with E-state index < -0.39 is 0 Å². The minimum atomic E-state index is 0.821. The summed E-state index contributed by atoms with van der Waals surface area (Å²) < 4.78 is 2.44. The van der Waals surface area contributed by atoms with Gasteiger partial charge in [0.2, 0.25) is 5.52 Å². The van der Waals surface area contributed by atoms with E-state index in [1.807, 2.05) is 12.1 Å². The van der Waals surface area contributed by atoms with Gasteiger partial charge in [0.25, 0.3) is 0 Å². The van der Waals surface area contributed by atoms with Crippen LogP contribution in [0.5, 0.6) is 0 Å². The summed E-state index contributed by atoms with van der Waals surface area (Å²) in [6, 6.07) is 12.6. The number of nitrogen functional groups attached to an aromatic ring is 2. The van der Waals surface area contributed by atoms with Gasteiger partial charge in [-0.05, 0) is 37.6 Å². The van der Waals surface area contributed by atoms with Gasteiger partial charge in [0.15, 0.2) is 5.69 Å². The molecule has 1 heterocycles. The van der Waals surface area contributed by atoms with Crippen LogP contribution in [0, 0.1) is 0 Å². The molecule has 27 heavy (non-hydrogen) atoms. The molecule has 3 rings (SSSR count). The minimum Gasteiger partial charge on any atom is -0.399 e. The fourth-order valence-electron chi connectivity index (χ4n) is 4.21. The monoisotopic (exact) mass is 364 g/mol. The number of rotatable bonds is 9. The summed E-state index contributed by atoms with van der Waals surface area (Å²) in [5, 5.41) is 3.83. The van der Waals surface area contributed by atoms with E-state index in [1.54, 1.807) is 0 Å². The molecule has 0 radical (unpaired) electrons. The Morgan fingerprint density at radius 3 is 2.04 bits per heavy atom. The van der Waals surface area contributed by atoms with Crippen LogP contribution in [0.1, 0.15) is 64.5 Å². The molecular weight excluding hydrogens is 330 g/mol. The number of fused-ring (bicyclic) bond motifs is 3. The van der Waals surface area contributed by atoms with E-state index in [0.29, 0.717) is 0 Å². The van der Waals surface area contributed by atoms with Crippen LogP contribution in [0.25, 0.3) is 21.7 Å². The molecule has 0 aliphatic rings. The zero-order valence-electron chi connectivity index (χ0n) is 16.9. The van der Waals surface area contributed by atoms with Gasteiger partial charge in [-0.1, -0.05) is 51.5 Å². The second-order valence-corrected chi connectivity index (χ2v) is 7.64. The van der Waals surface area contributed by atoms with Crippen molar-refractivity contribution in [2.24, 2.45) is 0 Å². The van der Waals surface area contributed by atoms with Crippen LogP contribution in [0.2, 0.25) is 0 Å². The maximum atomic E-state index is 6.15. The van der Waals surface area contributed by atoms with Crippen LogP contribution in [-0.4, -0.2) is 0 Å². The highest BCUT2D eigenvalue weighted by Gasteiger charge is 2.20. The number of aromatic nitrogens is 1. The van der Waals surface area contributed by atoms with Crippen molar-refractivity contribution in [2.75, 3.05) is 11.5 Å². The van der Waals surface area contributed by atoms with Crippen LogP contribution in [0.3, 0.4) is 0 Å². The first-order valence-electron chi connectivity index (χ1n) is 10.6. The molecule has 0 bridgehead atoms. The number of unbranched alkanes of at least 4 members (excludes halogenated alkanes) is 6. The van der Waals surface area contributed by atoms with Crippen molar-refractivity contribution >= 4 is 33.1 Å². The Morgan fingerprint density at radius 2 is 1.33 bits per heavy atom. The third-order valence-corrected chi connectivity index (χ3v) is 5.62. The largest absolute Gasteiger partial charge is 0.399 e. The second kappa shape index (κ2) is 9.07. The van der Waals surface area contributed by atoms with E-state index in [-0.39, 0.29) is 0 Å². The number of aryl methyl sites for hydroxylation is 2. The quantitative estimate of drug-likeness (QED) is 0.219. The molecule has 0 saturated heterocycles. The fraction of sp³-hybridized carbons (Fsp3) is 0.458. The molecular formula is C24H34N3+. The highest BCUT2D eigenvalue weighted by Crippen LogP contribution is 2.29. The average molecular weight is 365 g/mol. The normalized spacial score (nSPS) is 11.5. The number of hydrogen-bond donors (Lipinski definition) is 2. The van der Waals surface area contributed by atoms with Crippen LogP contribution >= 0.6 is 0 Å². The summed E-state index contributed by atoms with van der Waals surface area (Å²) in [5.41, 5.74) is 16.5. The SMILES string of the molecule is CCCCCCCCCc1c2cc(N)ccc2c2ccc(N)cc2[n+]1CC. The van der Waals surface area contributed by atoms with Gasteiger partial charge in [0.05, 0.1) is 10.8 Å². The molecule has 0 fully saturated rings. The lowest BCUT2D eigenvalue weighted by molar-refractivity contribution is -0.674. The molecule has 3 heteroatoms. The standard InChI is InChI=1S/C24H33N3/c1-3-5-6-7-8-9-10-11-23-22-16-18(25)12-14-20(22)21-15-13-19(26)17-24(21)27(23)4-2/h12-17,26H,3-11,25H2,1-2H3/p+1. The first kappa shape index (κ1) is 19.5. The highest BCUT2D eigenvalue weighted by atomic mass is 15.0. The maximum Gasteiger partial charge on any atom is 0.215 e. The molecule has 0 spiro atoms. The number of anilines is 2. The van der Waals surface area contributed by atoms with Crippen LogP contribution in [0.4, 0.5) is 11.4 Å². The predicted molar refractivity (Wildman–Crippen MR) is 118 cm³/mol. The number of benzene rings is 2. The molecule has 3 aromatic rings. The zero-order chi connectivity index (χ0) is 19.2. The summed E-state index contributed by atoms with van der Waals surface area (Å²) >= 11 is 0. The Balaban J connectivity index is 1.94. The molecule has 0 aliphatic carbocycles. The second-order valence-electron chi connectivity index (χ2n) is 7.64. The third-order valence-electron chi connectivity index (χ3n) is 5.62. The van der Waals surface area contributed by atoms with Crippen molar-refractivity contribution in [1.82, 2.24) is 0 Å². The molecule has 3 nitrogen and oxygen atoms in total. The summed E-state index contributed by atoms with van der Waals surface area (Å²) in [6.07, 6.45) is 10.4. The third kappa shape index (κ3) is 4.35. The summed E-state index contributed by atoms with van der Waals surface area (Å²) in [4.78, 5) is 0. The van der Waals surface area contributed by atoms with E-state index in [9.17, 15) is 0 Å². The van der Waals surface area contributed by atoms with Gasteiger partial charge in [-0.2, -0.15) is 4.57 Å².